The Hall–Kier alpha value is -2.03. The highest BCUT2D eigenvalue weighted by Crippen LogP contribution is 2.15. The molecule has 0 aromatic carbocycles. The minimum absolute atomic E-state index is 0.0485. The van der Waals surface area contributed by atoms with E-state index in [0.717, 1.165) is 16.8 Å². The summed E-state index contributed by atoms with van der Waals surface area (Å²) in [5, 5.41) is -0.112. The van der Waals surface area contributed by atoms with E-state index < -0.39 is 26.4 Å². The Kier molecular flexibility index (Phi) is 3.46. The van der Waals surface area contributed by atoms with Crippen LogP contribution < -0.4 is 11.2 Å². The second-order valence-electron chi connectivity index (χ2n) is 4.28. The molecule has 0 spiro atoms. The zero-order valence-corrected chi connectivity index (χ0v) is 11.6. The zero-order chi connectivity index (χ0) is 15.1. The van der Waals surface area contributed by atoms with Crippen molar-refractivity contribution in [1.82, 2.24) is 14.1 Å². The van der Waals surface area contributed by atoms with Crippen molar-refractivity contribution in [2.45, 2.75) is 24.8 Å². The quantitative estimate of drug-likeness (QED) is 0.753. The molecule has 0 radical (unpaired) electrons. The van der Waals surface area contributed by atoms with Crippen molar-refractivity contribution in [2.24, 2.45) is 7.05 Å². The number of hydrogen-bond donors (Lipinski definition) is 0. The van der Waals surface area contributed by atoms with E-state index in [2.05, 4.69) is 4.98 Å². The van der Waals surface area contributed by atoms with Gasteiger partial charge < -0.3 is 0 Å². The van der Waals surface area contributed by atoms with Crippen LogP contribution in [0.3, 0.4) is 0 Å². The first-order chi connectivity index (χ1) is 9.27. The topological polar surface area (TPSA) is 91.0 Å². The lowest BCUT2D eigenvalue weighted by molar-refractivity contribution is 0.551. The van der Waals surface area contributed by atoms with Crippen molar-refractivity contribution in [3.05, 3.63) is 33.1 Å². The summed E-state index contributed by atoms with van der Waals surface area (Å²) >= 11 is 0. The van der Waals surface area contributed by atoms with E-state index in [1.807, 2.05) is 6.92 Å². The number of fused-ring (bicyclic) bond motifs is 1. The summed E-state index contributed by atoms with van der Waals surface area (Å²) in [6.45, 7) is 2.15. The summed E-state index contributed by atoms with van der Waals surface area (Å²) in [5.74, 6) is 0. The average molecular weight is 301 g/mol. The van der Waals surface area contributed by atoms with Crippen LogP contribution in [-0.2, 0) is 23.8 Å². The van der Waals surface area contributed by atoms with Crippen molar-refractivity contribution in [2.75, 3.05) is 0 Å². The molecule has 108 valence electrons. The van der Waals surface area contributed by atoms with Gasteiger partial charge >= 0.3 is 15.9 Å². The van der Waals surface area contributed by atoms with Crippen molar-refractivity contribution >= 4 is 21.3 Å². The molecule has 0 saturated heterocycles. The smallest absolute Gasteiger partial charge is 0.277 e. The Balaban J connectivity index is 2.97. The van der Waals surface area contributed by atoms with Gasteiger partial charge in [0.05, 0.1) is 11.6 Å². The second kappa shape index (κ2) is 4.82. The van der Waals surface area contributed by atoms with Gasteiger partial charge in [-0.3, -0.25) is 13.9 Å². The molecule has 0 aliphatic heterocycles. The fourth-order valence-corrected chi connectivity index (χ4v) is 2.35. The lowest BCUT2D eigenvalue weighted by atomic mass is 10.3. The van der Waals surface area contributed by atoms with Gasteiger partial charge in [-0.15, -0.1) is 3.89 Å². The minimum atomic E-state index is -4.96. The van der Waals surface area contributed by atoms with E-state index >= 15 is 0 Å². The SMILES string of the molecule is CCCn1c(=O)n(C)c(=O)c2cc(S(=O)(=O)F)cnc21. The molecule has 0 amide bonds. The van der Waals surface area contributed by atoms with Crippen LogP contribution in [0.2, 0.25) is 0 Å². The van der Waals surface area contributed by atoms with Gasteiger partial charge in [-0.05, 0) is 12.5 Å². The van der Waals surface area contributed by atoms with Crippen LogP contribution in [0.25, 0.3) is 11.0 Å². The summed E-state index contributed by atoms with van der Waals surface area (Å²) in [6, 6.07) is 0.894. The highest BCUT2D eigenvalue weighted by atomic mass is 32.3. The monoisotopic (exact) mass is 301 g/mol. The Morgan fingerprint density at radius 2 is 2.00 bits per heavy atom. The molecule has 0 saturated carbocycles. The third kappa shape index (κ3) is 2.24. The van der Waals surface area contributed by atoms with Gasteiger partial charge in [-0.25, -0.2) is 9.78 Å². The first kappa shape index (κ1) is 14.4. The molecule has 2 heterocycles. The van der Waals surface area contributed by atoms with Crippen LogP contribution in [0.4, 0.5) is 3.89 Å². The first-order valence-electron chi connectivity index (χ1n) is 5.81. The van der Waals surface area contributed by atoms with Crippen LogP contribution in [-0.4, -0.2) is 22.5 Å². The third-order valence-corrected chi connectivity index (χ3v) is 3.67. The number of pyridine rings is 1. The number of aryl methyl sites for hydroxylation is 1. The maximum Gasteiger partial charge on any atom is 0.333 e. The van der Waals surface area contributed by atoms with E-state index in [0.29, 0.717) is 13.0 Å². The van der Waals surface area contributed by atoms with Gasteiger partial charge in [-0.1, -0.05) is 6.92 Å². The zero-order valence-electron chi connectivity index (χ0n) is 10.8. The van der Waals surface area contributed by atoms with Crippen LogP contribution in [0.1, 0.15) is 13.3 Å². The molecule has 0 aliphatic carbocycles. The van der Waals surface area contributed by atoms with Gasteiger partial charge in [0.25, 0.3) is 5.56 Å². The standard InChI is InChI=1S/C11H12FN3O4S/c1-3-4-15-9-8(10(16)14(2)11(15)17)5-7(6-13-9)20(12,18)19/h5-6H,3-4H2,1-2H3. The number of nitrogens with zero attached hydrogens (tertiary/aromatic N) is 3. The van der Waals surface area contributed by atoms with Gasteiger partial charge in [0, 0.05) is 13.6 Å². The van der Waals surface area contributed by atoms with Gasteiger partial charge in [-0.2, -0.15) is 8.42 Å². The molecule has 0 unspecified atom stereocenters. The van der Waals surface area contributed by atoms with Crippen molar-refractivity contribution in [3.8, 4) is 0 Å². The third-order valence-electron chi connectivity index (χ3n) is 2.88. The minimum Gasteiger partial charge on any atom is -0.277 e. The van der Waals surface area contributed by atoms with Crippen LogP contribution in [0.15, 0.2) is 26.7 Å². The summed E-state index contributed by atoms with van der Waals surface area (Å²) in [7, 11) is -3.69. The van der Waals surface area contributed by atoms with Crippen LogP contribution >= 0.6 is 0 Å². The highest BCUT2D eigenvalue weighted by molar-refractivity contribution is 7.86. The van der Waals surface area contributed by atoms with Gasteiger partial charge in [0.1, 0.15) is 10.5 Å². The number of hydrogen-bond acceptors (Lipinski definition) is 5. The molecule has 0 atom stereocenters. The Bertz CT molecular complexity index is 898. The summed E-state index contributed by atoms with van der Waals surface area (Å²) in [5.41, 5.74) is -1.21. The van der Waals surface area contributed by atoms with E-state index in [-0.39, 0.29) is 11.0 Å². The van der Waals surface area contributed by atoms with E-state index in [1.165, 1.54) is 11.6 Å². The van der Waals surface area contributed by atoms with Gasteiger partial charge in [0.2, 0.25) is 0 Å². The molecular formula is C11H12FN3O4S. The maximum absolute atomic E-state index is 13.0. The molecule has 0 N–H and O–H groups in total. The molecule has 2 aromatic rings. The summed E-state index contributed by atoms with van der Waals surface area (Å²) in [4.78, 5) is 27.0. The normalized spacial score (nSPS) is 11.9. The van der Waals surface area contributed by atoms with Crippen LogP contribution in [0, 0.1) is 0 Å². The Morgan fingerprint density at radius 1 is 1.35 bits per heavy atom. The summed E-state index contributed by atoms with van der Waals surface area (Å²) < 4.78 is 36.8. The van der Waals surface area contributed by atoms with Crippen molar-refractivity contribution in [1.29, 1.82) is 0 Å². The van der Waals surface area contributed by atoms with E-state index in [4.69, 9.17) is 0 Å². The van der Waals surface area contributed by atoms with Crippen molar-refractivity contribution in [3.63, 3.8) is 0 Å². The average Bonchev–Trinajstić information content (AvgIpc) is 2.39. The van der Waals surface area contributed by atoms with E-state index in [1.54, 1.807) is 0 Å². The molecule has 2 aromatic heterocycles. The highest BCUT2D eigenvalue weighted by Gasteiger charge is 2.17. The van der Waals surface area contributed by atoms with Gasteiger partial charge in [0.15, 0.2) is 0 Å². The Morgan fingerprint density at radius 3 is 2.55 bits per heavy atom. The number of aromatic nitrogens is 3. The number of rotatable bonds is 3. The second-order valence-corrected chi connectivity index (χ2v) is 5.63. The number of halogens is 1. The molecule has 0 fully saturated rings. The predicted octanol–water partition coefficient (Wildman–Crippen LogP) is 0.163. The molecule has 20 heavy (non-hydrogen) atoms. The molecular weight excluding hydrogens is 289 g/mol. The molecule has 7 nitrogen and oxygen atoms in total. The summed E-state index contributed by atoms with van der Waals surface area (Å²) in [6.07, 6.45) is 1.42. The molecule has 2 rings (SSSR count). The molecule has 0 aliphatic rings. The predicted molar refractivity (Wildman–Crippen MR) is 69.8 cm³/mol. The van der Waals surface area contributed by atoms with Crippen LogP contribution in [0.5, 0.6) is 0 Å². The van der Waals surface area contributed by atoms with Crippen molar-refractivity contribution < 1.29 is 12.3 Å². The lowest BCUT2D eigenvalue weighted by Crippen LogP contribution is -2.38. The fourth-order valence-electron chi connectivity index (χ4n) is 1.91. The first-order valence-corrected chi connectivity index (χ1v) is 7.20. The largest absolute Gasteiger partial charge is 0.333 e. The molecule has 0 bridgehead atoms. The molecule has 9 heteroatoms. The van der Waals surface area contributed by atoms with E-state index in [9.17, 15) is 21.9 Å². The maximum atomic E-state index is 13.0. The lowest BCUT2D eigenvalue weighted by Gasteiger charge is -2.10. The Labute approximate surface area is 113 Å². The fraction of sp³-hybridized carbons (Fsp3) is 0.364.